The number of aliphatic hydroxyl groups excluding tert-OH is 6. The van der Waals surface area contributed by atoms with Gasteiger partial charge in [0, 0.05) is 42.4 Å². The van der Waals surface area contributed by atoms with Gasteiger partial charge in [-0.3, -0.25) is 9.59 Å². The summed E-state index contributed by atoms with van der Waals surface area (Å²) in [6.45, 7) is -0.0587. The number of fused-ring (bicyclic) bond motifs is 10. The summed E-state index contributed by atoms with van der Waals surface area (Å²) >= 11 is 0. The number of ketones is 1. The molecule has 4 saturated heterocycles. The van der Waals surface area contributed by atoms with Crippen LogP contribution in [-0.4, -0.2) is 110 Å². The number of nitrogens with one attached hydrogen (secondary N) is 3. The van der Waals surface area contributed by atoms with Crippen LogP contribution in [0.3, 0.4) is 0 Å². The normalized spacial score (nSPS) is 55.2. The highest BCUT2D eigenvalue weighted by Crippen LogP contribution is 2.56. The molecule has 12 heteroatoms. The number of amides is 1. The highest BCUT2D eigenvalue weighted by atomic mass is 16.5. The number of hydrogen-bond acceptors (Lipinski definition) is 11. The van der Waals surface area contributed by atoms with Crippen molar-refractivity contribution in [3.05, 3.63) is 23.7 Å². The number of ether oxygens (including phenoxy) is 1. The van der Waals surface area contributed by atoms with Gasteiger partial charge in [0.25, 0.3) is 0 Å². The third-order valence-corrected chi connectivity index (χ3v) is 10.6. The SMILES string of the molecule is O=C1CC(O)=CC2C1NC1C3NC4C=C(O)C([C@@H]5O[C@H](CO)[C@@H](O)[C@H](O)[C@H]5O)CC4C3C3C(=O)NCC3C21. The Balaban J connectivity index is 1.22. The van der Waals surface area contributed by atoms with Gasteiger partial charge in [-0.2, -0.15) is 0 Å². The quantitative estimate of drug-likeness (QED) is 0.178. The summed E-state index contributed by atoms with van der Waals surface area (Å²) in [6, 6.07) is -0.928. The van der Waals surface area contributed by atoms with Crippen molar-refractivity contribution >= 4 is 11.7 Å². The summed E-state index contributed by atoms with van der Waals surface area (Å²) in [5.74, 6) is -1.51. The van der Waals surface area contributed by atoms with Crippen molar-refractivity contribution < 1.29 is 45.0 Å². The summed E-state index contributed by atoms with van der Waals surface area (Å²) < 4.78 is 5.80. The van der Waals surface area contributed by atoms with Crippen LogP contribution < -0.4 is 16.0 Å². The van der Waals surface area contributed by atoms with Gasteiger partial charge in [0.15, 0.2) is 5.78 Å². The first-order valence-electron chi connectivity index (χ1n) is 13.6. The molecule has 1 amide bonds. The monoisotopic (exact) mass is 533 g/mol. The van der Waals surface area contributed by atoms with E-state index in [-0.39, 0.29) is 83.3 Å². The van der Waals surface area contributed by atoms with Crippen LogP contribution in [0.4, 0.5) is 0 Å². The lowest BCUT2D eigenvalue weighted by Gasteiger charge is -2.47. The molecular formula is C26H35N3O9. The first-order chi connectivity index (χ1) is 18.2. The van der Waals surface area contributed by atoms with E-state index in [1.54, 1.807) is 12.2 Å². The molecule has 0 aromatic rings. The second-order valence-corrected chi connectivity index (χ2v) is 12.2. The van der Waals surface area contributed by atoms with Crippen LogP contribution in [0.5, 0.6) is 0 Å². The molecule has 7 aliphatic rings. The predicted octanol–water partition coefficient (Wildman–Crippen LogP) is -2.77. The van der Waals surface area contributed by atoms with E-state index in [9.17, 15) is 40.2 Å². The Hall–Kier alpha value is -2.06. The summed E-state index contributed by atoms with van der Waals surface area (Å²) in [5.41, 5.74) is 0. The zero-order valence-corrected chi connectivity index (χ0v) is 20.6. The molecule has 3 aliphatic carbocycles. The van der Waals surface area contributed by atoms with Crippen LogP contribution in [-0.2, 0) is 14.3 Å². The van der Waals surface area contributed by atoms with Gasteiger partial charge in [0.05, 0.1) is 36.7 Å². The fourth-order valence-corrected chi connectivity index (χ4v) is 9.12. The number of allylic oxidation sites excluding steroid dienone is 1. The Morgan fingerprint density at radius 3 is 2.47 bits per heavy atom. The second kappa shape index (κ2) is 8.72. The van der Waals surface area contributed by atoms with E-state index in [2.05, 4.69) is 16.0 Å². The number of carbonyl (C=O) groups is 2. The fourth-order valence-electron chi connectivity index (χ4n) is 9.12. The minimum atomic E-state index is -1.54. The number of Topliss-reactive ketones (excluding diaryl/α,β-unsaturated/α-hetero) is 1. The lowest BCUT2D eigenvalue weighted by molar-refractivity contribution is -0.242. The molecular weight excluding hydrogens is 498 g/mol. The largest absolute Gasteiger partial charge is 0.512 e. The Morgan fingerprint density at radius 1 is 0.947 bits per heavy atom. The van der Waals surface area contributed by atoms with Crippen LogP contribution in [0.25, 0.3) is 0 Å². The Labute approximate surface area is 218 Å². The maximum atomic E-state index is 13.3. The minimum absolute atomic E-state index is 0.00302. The van der Waals surface area contributed by atoms with Crippen molar-refractivity contribution in [2.24, 2.45) is 41.4 Å². The van der Waals surface area contributed by atoms with Gasteiger partial charge in [0.2, 0.25) is 5.91 Å². The molecule has 12 nitrogen and oxygen atoms in total. The van der Waals surface area contributed by atoms with Crippen molar-refractivity contribution in [2.75, 3.05) is 13.2 Å². The summed E-state index contributed by atoms with van der Waals surface area (Å²) in [7, 11) is 0. The molecule has 1 saturated carbocycles. The molecule has 4 aliphatic heterocycles. The maximum Gasteiger partial charge on any atom is 0.223 e. The van der Waals surface area contributed by atoms with E-state index >= 15 is 0 Å². The van der Waals surface area contributed by atoms with Gasteiger partial charge in [-0.15, -0.1) is 0 Å². The van der Waals surface area contributed by atoms with Crippen LogP contribution in [0.1, 0.15) is 12.8 Å². The van der Waals surface area contributed by atoms with E-state index in [1.807, 2.05) is 0 Å². The molecule has 0 aromatic carbocycles. The Kier molecular flexibility index (Phi) is 5.72. The van der Waals surface area contributed by atoms with Gasteiger partial charge in [-0.25, -0.2) is 0 Å². The van der Waals surface area contributed by atoms with Crippen molar-refractivity contribution in [3.63, 3.8) is 0 Å². The van der Waals surface area contributed by atoms with E-state index in [0.717, 1.165) is 0 Å². The van der Waals surface area contributed by atoms with E-state index in [0.29, 0.717) is 13.0 Å². The minimum Gasteiger partial charge on any atom is -0.512 e. The Morgan fingerprint density at radius 2 is 1.71 bits per heavy atom. The molecule has 38 heavy (non-hydrogen) atoms. The summed E-state index contributed by atoms with van der Waals surface area (Å²) in [6.07, 6.45) is -2.79. The standard InChI is InChI=1S/C26H35N3O9/c30-6-15-22(34)23(35)24(36)25(38-15)9-3-8-12(4-13(9)32)28-21-17(8)18-11(5-27-26(18)37)16-10-1-7(31)2-14(33)19(10)29-20(16)21/h1,4,8-12,15-25,28-32,34-36H,2-3,5-6H2,(H,27,37)/t8?,9?,10?,11?,12?,15-,16?,17?,18?,19?,20?,21?,22-,23+,24-,25+/m1/s1. The topological polar surface area (TPSA) is 201 Å². The lowest BCUT2D eigenvalue weighted by atomic mass is 9.57. The summed E-state index contributed by atoms with van der Waals surface area (Å²) in [4.78, 5) is 26.1. The third-order valence-electron chi connectivity index (χ3n) is 10.6. The number of hydrogen-bond donors (Lipinski definition) is 9. The number of rotatable bonds is 2. The van der Waals surface area contributed by atoms with E-state index in [4.69, 9.17) is 4.74 Å². The van der Waals surface area contributed by atoms with Gasteiger partial charge < -0.3 is 51.3 Å². The molecule has 5 fully saturated rings. The van der Waals surface area contributed by atoms with Crippen molar-refractivity contribution in [3.8, 4) is 0 Å². The van der Waals surface area contributed by atoms with E-state index in [1.165, 1.54) is 0 Å². The highest BCUT2D eigenvalue weighted by Gasteiger charge is 2.66. The fraction of sp³-hybridized carbons (Fsp3) is 0.769. The number of aliphatic hydroxyl groups is 6. The highest BCUT2D eigenvalue weighted by molar-refractivity contribution is 5.88. The average molecular weight is 534 g/mol. The zero-order chi connectivity index (χ0) is 26.6. The smallest absolute Gasteiger partial charge is 0.223 e. The van der Waals surface area contributed by atoms with Crippen molar-refractivity contribution in [1.82, 2.24) is 16.0 Å². The molecule has 0 spiro atoms. The average Bonchev–Trinajstić information content (AvgIpc) is 3.55. The molecule has 16 atom stereocenters. The summed E-state index contributed by atoms with van der Waals surface area (Å²) in [5, 5.41) is 72.4. The molecule has 7 rings (SSSR count). The molecule has 208 valence electrons. The van der Waals surface area contributed by atoms with Gasteiger partial charge >= 0.3 is 0 Å². The third kappa shape index (κ3) is 3.34. The molecule has 0 aromatic heterocycles. The maximum absolute atomic E-state index is 13.3. The van der Waals surface area contributed by atoms with Crippen LogP contribution in [0.2, 0.25) is 0 Å². The van der Waals surface area contributed by atoms with Gasteiger partial charge in [-0.05, 0) is 42.2 Å². The Bertz CT molecular complexity index is 1100. The molecule has 11 unspecified atom stereocenters. The van der Waals surface area contributed by atoms with E-state index < -0.39 is 49.1 Å². The predicted molar refractivity (Wildman–Crippen MR) is 128 cm³/mol. The number of carbonyl (C=O) groups excluding carboxylic acids is 2. The van der Waals surface area contributed by atoms with Crippen LogP contribution in [0, 0.1) is 41.4 Å². The van der Waals surface area contributed by atoms with Gasteiger partial charge in [0.1, 0.15) is 24.4 Å². The van der Waals surface area contributed by atoms with Crippen molar-refractivity contribution in [2.45, 2.75) is 67.5 Å². The van der Waals surface area contributed by atoms with Crippen LogP contribution in [0.15, 0.2) is 23.7 Å². The second-order valence-electron chi connectivity index (χ2n) is 12.2. The van der Waals surface area contributed by atoms with Gasteiger partial charge in [-0.1, -0.05) is 0 Å². The molecule has 4 heterocycles. The molecule has 0 radical (unpaired) electrons. The first-order valence-corrected chi connectivity index (χ1v) is 13.6. The first kappa shape index (κ1) is 24.9. The van der Waals surface area contributed by atoms with Crippen molar-refractivity contribution in [1.29, 1.82) is 0 Å². The zero-order valence-electron chi connectivity index (χ0n) is 20.6. The lowest BCUT2D eigenvalue weighted by Crippen LogP contribution is -2.61. The molecule has 9 N–H and O–H groups in total. The molecule has 0 bridgehead atoms. The van der Waals surface area contributed by atoms with Crippen LogP contribution >= 0.6 is 0 Å².